The predicted octanol–water partition coefficient (Wildman–Crippen LogP) is 3.05. The number of hydrogen-bond donors (Lipinski definition) is 3. The van der Waals surface area contributed by atoms with Crippen LogP contribution in [0.3, 0.4) is 0 Å². The van der Waals surface area contributed by atoms with Crippen molar-refractivity contribution in [2.45, 2.75) is 24.8 Å². The smallest absolute Gasteiger partial charge is 0.269 e. The van der Waals surface area contributed by atoms with E-state index < -0.39 is 31.5 Å². The zero-order valence-corrected chi connectivity index (χ0v) is 19.3. The Morgan fingerprint density at radius 2 is 1.66 bits per heavy atom. The molecule has 3 rings (SSSR count). The largest absolute Gasteiger partial charge is 0.504 e. The van der Waals surface area contributed by atoms with Crippen LogP contribution in [0.4, 0.5) is 17.1 Å². The molecule has 0 radical (unpaired) electrons. The molecule has 32 heavy (non-hydrogen) atoms. The lowest BCUT2D eigenvalue weighted by molar-refractivity contribution is -0.0259. The minimum absolute atomic E-state index is 0.0378. The summed E-state index contributed by atoms with van der Waals surface area (Å²) in [7, 11) is -2.01. The number of rotatable bonds is 8. The van der Waals surface area contributed by atoms with Gasteiger partial charge < -0.3 is 15.7 Å². The van der Waals surface area contributed by atoms with Gasteiger partial charge in [0.2, 0.25) is 0 Å². The molecule has 0 amide bonds. The molecule has 0 aliphatic heterocycles. The average molecular weight is 480 g/mol. The van der Waals surface area contributed by atoms with Crippen molar-refractivity contribution in [3.8, 4) is 5.75 Å². The summed E-state index contributed by atoms with van der Waals surface area (Å²) >= 11 is 6.01. The third-order valence-electron chi connectivity index (χ3n) is 5.05. The summed E-state index contributed by atoms with van der Waals surface area (Å²) in [6.07, 6.45) is 0. The molecular weight excluding hydrogens is 458 g/mol. The highest BCUT2D eigenvalue weighted by Gasteiger charge is 2.30. The van der Waals surface area contributed by atoms with E-state index in [1.165, 1.54) is 12.1 Å². The molecule has 0 heterocycles. The van der Waals surface area contributed by atoms with Gasteiger partial charge in [0.1, 0.15) is 16.3 Å². The van der Waals surface area contributed by atoms with Crippen LogP contribution in [-0.2, 0) is 14.9 Å². The third-order valence-corrected chi connectivity index (χ3v) is 7.23. The SMILES string of the molecule is CON(C)S(=O)(=O)c1c(Cl)ccc(Nc2c(NC(C)c3ccc(C)cc3)c(=O)c2=O)c1O. The van der Waals surface area contributed by atoms with E-state index in [-0.39, 0.29) is 28.1 Å². The maximum Gasteiger partial charge on any atom is 0.269 e. The van der Waals surface area contributed by atoms with Crippen molar-refractivity contribution in [1.82, 2.24) is 4.47 Å². The summed E-state index contributed by atoms with van der Waals surface area (Å²) in [4.78, 5) is 28.5. The lowest BCUT2D eigenvalue weighted by Gasteiger charge is -2.21. The number of phenolic OH excluding ortho intramolecular Hbond substituents is 1. The quantitative estimate of drug-likeness (QED) is 0.256. The number of nitrogens with zero attached hydrogens (tertiary/aromatic N) is 1. The maximum absolute atomic E-state index is 12.6. The predicted molar refractivity (Wildman–Crippen MR) is 123 cm³/mol. The summed E-state index contributed by atoms with van der Waals surface area (Å²) in [5.41, 5.74) is 0.310. The minimum atomic E-state index is -4.29. The molecule has 0 aromatic heterocycles. The Kier molecular flexibility index (Phi) is 6.61. The highest BCUT2D eigenvalue weighted by Crippen LogP contribution is 2.40. The van der Waals surface area contributed by atoms with Gasteiger partial charge in [0.15, 0.2) is 5.75 Å². The Morgan fingerprint density at radius 3 is 2.25 bits per heavy atom. The van der Waals surface area contributed by atoms with Gasteiger partial charge in [0.05, 0.1) is 17.8 Å². The highest BCUT2D eigenvalue weighted by molar-refractivity contribution is 7.89. The molecule has 1 unspecified atom stereocenters. The van der Waals surface area contributed by atoms with E-state index in [4.69, 9.17) is 16.4 Å². The molecule has 3 aromatic rings. The van der Waals surface area contributed by atoms with E-state index in [9.17, 15) is 23.1 Å². The van der Waals surface area contributed by atoms with Crippen molar-refractivity contribution >= 4 is 38.7 Å². The van der Waals surface area contributed by atoms with Gasteiger partial charge in [-0.3, -0.25) is 14.4 Å². The van der Waals surface area contributed by atoms with Gasteiger partial charge >= 0.3 is 0 Å². The molecule has 0 aliphatic rings. The van der Waals surface area contributed by atoms with Crippen LogP contribution in [0.1, 0.15) is 24.1 Å². The molecule has 0 bridgehead atoms. The van der Waals surface area contributed by atoms with E-state index in [2.05, 4.69) is 10.6 Å². The molecule has 1 atom stereocenters. The Labute approximate surface area is 189 Å². The Balaban J connectivity index is 1.95. The molecule has 0 aliphatic carbocycles. The molecule has 0 fully saturated rings. The number of anilines is 3. The second kappa shape index (κ2) is 8.91. The van der Waals surface area contributed by atoms with Crippen molar-refractivity contribution < 1.29 is 18.4 Å². The Bertz CT molecular complexity index is 1330. The van der Waals surface area contributed by atoms with Crippen LogP contribution < -0.4 is 21.5 Å². The molecule has 0 saturated heterocycles. The fourth-order valence-electron chi connectivity index (χ4n) is 3.06. The third kappa shape index (κ3) is 4.22. The number of hydrogen-bond acceptors (Lipinski definition) is 8. The highest BCUT2D eigenvalue weighted by atomic mass is 35.5. The van der Waals surface area contributed by atoms with Crippen LogP contribution >= 0.6 is 11.6 Å². The topological polar surface area (TPSA) is 125 Å². The number of benzene rings is 2. The first kappa shape index (κ1) is 23.7. The molecule has 11 heteroatoms. The number of nitrogens with one attached hydrogen (secondary N) is 2. The Morgan fingerprint density at radius 1 is 1.06 bits per heavy atom. The number of halogens is 1. The van der Waals surface area contributed by atoms with Crippen molar-refractivity contribution in [3.05, 3.63) is 73.0 Å². The van der Waals surface area contributed by atoms with Crippen LogP contribution in [0.25, 0.3) is 0 Å². The summed E-state index contributed by atoms with van der Waals surface area (Å²) in [5.74, 6) is -0.716. The second-order valence-corrected chi connectivity index (χ2v) is 9.46. The van der Waals surface area contributed by atoms with E-state index >= 15 is 0 Å². The molecule has 0 saturated carbocycles. The Hall–Kier alpha value is -2.92. The van der Waals surface area contributed by atoms with Crippen LogP contribution in [0.15, 0.2) is 50.9 Å². The van der Waals surface area contributed by atoms with E-state index in [1.54, 1.807) is 0 Å². The number of sulfonamides is 1. The summed E-state index contributed by atoms with van der Waals surface area (Å²) in [6, 6.07) is 9.92. The first-order valence-electron chi connectivity index (χ1n) is 9.47. The minimum Gasteiger partial charge on any atom is -0.504 e. The van der Waals surface area contributed by atoms with Crippen molar-refractivity contribution in [2.75, 3.05) is 24.8 Å². The second-order valence-electron chi connectivity index (χ2n) is 7.18. The lowest BCUT2D eigenvalue weighted by atomic mass is 10.0. The molecule has 0 spiro atoms. The van der Waals surface area contributed by atoms with E-state index in [1.807, 2.05) is 38.1 Å². The standard InChI is InChI=1S/C21H22ClN3O6S/c1-11-5-7-13(8-6-11)12(2)23-16-17(20(28)19(16)27)24-15-10-9-14(22)21(18(15)26)32(29,30)25(3)31-4/h5-10,12,23-24,26H,1-4H3. The number of aromatic hydroxyl groups is 1. The van der Waals surface area contributed by atoms with Gasteiger partial charge in [-0.15, -0.1) is 0 Å². The van der Waals surface area contributed by atoms with Gasteiger partial charge in [-0.2, -0.15) is 0 Å². The van der Waals surface area contributed by atoms with Crippen molar-refractivity contribution in [3.63, 3.8) is 0 Å². The van der Waals surface area contributed by atoms with Gasteiger partial charge in [0.25, 0.3) is 20.9 Å². The van der Waals surface area contributed by atoms with E-state index in [0.29, 0.717) is 4.47 Å². The fourth-order valence-corrected chi connectivity index (χ4v) is 4.62. The van der Waals surface area contributed by atoms with Crippen molar-refractivity contribution in [1.29, 1.82) is 0 Å². The summed E-state index contributed by atoms with van der Waals surface area (Å²) in [5, 5.41) is 16.0. The number of hydroxylamine groups is 1. The van der Waals surface area contributed by atoms with Gasteiger partial charge in [0, 0.05) is 13.1 Å². The average Bonchev–Trinajstić information content (AvgIpc) is 2.76. The zero-order valence-electron chi connectivity index (χ0n) is 17.8. The summed E-state index contributed by atoms with van der Waals surface area (Å²) < 4.78 is 25.8. The van der Waals surface area contributed by atoms with Crippen LogP contribution in [0, 0.1) is 6.92 Å². The normalized spacial score (nSPS) is 12.8. The zero-order chi connectivity index (χ0) is 23.8. The first-order valence-corrected chi connectivity index (χ1v) is 11.3. The van der Waals surface area contributed by atoms with Gasteiger partial charge in [-0.05, 0) is 31.5 Å². The van der Waals surface area contributed by atoms with Crippen molar-refractivity contribution in [2.24, 2.45) is 0 Å². The maximum atomic E-state index is 12.6. The van der Waals surface area contributed by atoms with Crippen LogP contribution in [0.5, 0.6) is 5.75 Å². The molecule has 9 nitrogen and oxygen atoms in total. The lowest BCUT2D eigenvalue weighted by Crippen LogP contribution is -2.37. The number of aryl methyl sites for hydroxylation is 1. The van der Waals surface area contributed by atoms with Gasteiger partial charge in [-0.1, -0.05) is 45.9 Å². The monoisotopic (exact) mass is 479 g/mol. The molecular formula is C21H22ClN3O6S. The number of phenols is 1. The summed E-state index contributed by atoms with van der Waals surface area (Å²) in [6.45, 7) is 3.79. The van der Waals surface area contributed by atoms with Crippen LogP contribution in [0.2, 0.25) is 5.02 Å². The first-order chi connectivity index (χ1) is 15.0. The molecule has 3 aromatic carbocycles. The molecule has 3 N–H and O–H groups in total. The van der Waals surface area contributed by atoms with Gasteiger partial charge in [-0.25, -0.2) is 8.42 Å². The van der Waals surface area contributed by atoms with Crippen LogP contribution in [-0.4, -0.2) is 32.2 Å². The fraction of sp³-hybridized carbons (Fsp3) is 0.238. The molecule has 170 valence electrons. The van der Waals surface area contributed by atoms with E-state index in [0.717, 1.165) is 25.3 Å².